The number of nitrogens with one attached hydrogen (secondary N) is 1. The third-order valence-corrected chi connectivity index (χ3v) is 2.22. The highest BCUT2D eigenvalue weighted by Crippen LogP contribution is 2.23. The van der Waals surface area contributed by atoms with E-state index >= 15 is 0 Å². The largest absolute Gasteiger partial charge is 0.485 e. The average molecular weight is 274 g/mol. The van der Waals surface area contributed by atoms with Crippen molar-refractivity contribution in [2.24, 2.45) is 5.73 Å². The fraction of sp³-hybridized carbons (Fsp3) is 0.417. The summed E-state index contributed by atoms with van der Waals surface area (Å²) in [4.78, 5) is 0. The lowest BCUT2D eigenvalue weighted by molar-refractivity contribution is 0.0531. The minimum Gasteiger partial charge on any atom is -0.485 e. The van der Waals surface area contributed by atoms with Gasteiger partial charge in [0.15, 0.2) is 17.4 Å². The SMILES string of the molecule is COCCOCCOc1c(F)cc(C(=N)N)cc1F. The highest BCUT2D eigenvalue weighted by atomic mass is 19.1. The summed E-state index contributed by atoms with van der Waals surface area (Å²) in [5.74, 6) is -2.71. The number of halogens is 2. The second kappa shape index (κ2) is 7.65. The molecule has 0 unspecified atom stereocenters. The first-order valence-corrected chi connectivity index (χ1v) is 5.59. The van der Waals surface area contributed by atoms with E-state index in [1.807, 2.05) is 0 Å². The van der Waals surface area contributed by atoms with Crippen molar-refractivity contribution in [3.05, 3.63) is 29.3 Å². The molecule has 0 saturated carbocycles. The molecule has 0 atom stereocenters. The first-order valence-electron chi connectivity index (χ1n) is 5.59. The van der Waals surface area contributed by atoms with Gasteiger partial charge in [-0.1, -0.05) is 0 Å². The van der Waals surface area contributed by atoms with Gasteiger partial charge in [0.1, 0.15) is 12.4 Å². The molecule has 0 spiro atoms. The van der Waals surface area contributed by atoms with Gasteiger partial charge in [0, 0.05) is 12.7 Å². The van der Waals surface area contributed by atoms with E-state index in [1.165, 1.54) is 0 Å². The van der Waals surface area contributed by atoms with Gasteiger partial charge in [-0.3, -0.25) is 5.41 Å². The third kappa shape index (κ3) is 4.80. The second-order valence-electron chi connectivity index (χ2n) is 3.64. The highest BCUT2D eigenvalue weighted by molar-refractivity contribution is 5.95. The molecule has 0 aliphatic rings. The topological polar surface area (TPSA) is 77.6 Å². The maximum atomic E-state index is 13.5. The summed E-state index contributed by atoms with van der Waals surface area (Å²) in [6.07, 6.45) is 0. The van der Waals surface area contributed by atoms with Gasteiger partial charge >= 0.3 is 0 Å². The number of hydrogen-bond donors (Lipinski definition) is 2. The first kappa shape index (κ1) is 15.3. The van der Waals surface area contributed by atoms with Crippen LogP contribution in [0.1, 0.15) is 5.56 Å². The van der Waals surface area contributed by atoms with E-state index in [4.69, 9.17) is 25.4 Å². The number of nitrogen functional groups attached to an aromatic ring is 1. The van der Waals surface area contributed by atoms with Gasteiger partial charge in [0.2, 0.25) is 0 Å². The number of methoxy groups -OCH3 is 1. The standard InChI is InChI=1S/C12H16F2N2O3/c1-17-2-3-18-4-5-19-11-9(13)6-8(12(15)16)7-10(11)14/h6-7H,2-5H2,1H3,(H3,15,16). The highest BCUT2D eigenvalue weighted by Gasteiger charge is 2.13. The lowest BCUT2D eigenvalue weighted by atomic mass is 10.2. The van der Waals surface area contributed by atoms with Gasteiger partial charge in [0.05, 0.1) is 19.8 Å². The molecule has 5 nitrogen and oxygen atoms in total. The van der Waals surface area contributed by atoms with Gasteiger partial charge in [-0.25, -0.2) is 8.78 Å². The van der Waals surface area contributed by atoms with Crippen molar-refractivity contribution in [2.75, 3.05) is 33.5 Å². The molecule has 0 saturated heterocycles. The molecule has 0 aliphatic heterocycles. The fourth-order valence-corrected chi connectivity index (χ4v) is 1.30. The van der Waals surface area contributed by atoms with Gasteiger partial charge in [-0.05, 0) is 12.1 Å². The average Bonchev–Trinajstić information content (AvgIpc) is 2.35. The molecule has 0 bridgehead atoms. The molecule has 0 aliphatic carbocycles. The quantitative estimate of drug-likeness (QED) is 0.425. The van der Waals surface area contributed by atoms with Crippen LogP contribution in [0.2, 0.25) is 0 Å². The van der Waals surface area contributed by atoms with Crippen LogP contribution in [-0.2, 0) is 9.47 Å². The monoisotopic (exact) mass is 274 g/mol. The van der Waals surface area contributed by atoms with Crippen molar-refractivity contribution in [3.63, 3.8) is 0 Å². The maximum absolute atomic E-state index is 13.5. The lowest BCUT2D eigenvalue weighted by Crippen LogP contribution is -2.14. The van der Waals surface area contributed by atoms with E-state index in [0.29, 0.717) is 13.2 Å². The molecule has 1 rings (SSSR count). The van der Waals surface area contributed by atoms with E-state index in [-0.39, 0.29) is 18.8 Å². The van der Waals surface area contributed by atoms with E-state index in [2.05, 4.69) is 0 Å². The molecule has 3 N–H and O–H groups in total. The predicted octanol–water partition coefficient (Wildman–Crippen LogP) is 1.29. The number of amidine groups is 1. The van der Waals surface area contributed by atoms with Crippen molar-refractivity contribution in [3.8, 4) is 5.75 Å². The van der Waals surface area contributed by atoms with Gasteiger partial charge in [0.25, 0.3) is 0 Å². The van der Waals surface area contributed by atoms with E-state index in [0.717, 1.165) is 12.1 Å². The summed E-state index contributed by atoms with van der Waals surface area (Å²) in [6, 6.07) is 1.90. The van der Waals surface area contributed by atoms with Crippen LogP contribution in [0.3, 0.4) is 0 Å². The second-order valence-corrected chi connectivity index (χ2v) is 3.64. The summed E-state index contributed by atoms with van der Waals surface area (Å²) in [6.45, 7) is 1.03. The molecule has 0 heterocycles. The van der Waals surface area contributed by atoms with Crippen molar-refractivity contribution >= 4 is 5.84 Å². The molecule has 0 aromatic heterocycles. The minimum atomic E-state index is -0.901. The summed E-state index contributed by atoms with van der Waals surface area (Å²) >= 11 is 0. The van der Waals surface area contributed by atoms with Gasteiger partial charge in [-0.15, -0.1) is 0 Å². The molecule has 106 valence electrons. The number of ether oxygens (including phenoxy) is 3. The number of nitrogens with two attached hydrogens (primary N) is 1. The minimum absolute atomic E-state index is 0.0109. The van der Waals surface area contributed by atoms with Crippen LogP contribution in [0.15, 0.2) is 12.1 Å². The fourth-order valence-electron chi connectivity index (χ4n) is 1.30. The molecule has 0 amide bonds. The Morgan fingerprint density at radius 1 is 1.16 bits per heavy atom. The molecule has 7 heteroatoms. The van der Waals surface area contributed by atoms with Gasteiger partial charge < -0.3 is 19.9 Å². The Balaban J connectivity index is 2.52. The zero-order chi connectivity index (χ0) is 14.3. The maximum Gasteiger partial charge on any atom is 0.190 e. The first-order chi connectivity index (χ1) is 9.06. The molecule has 1 aromatic rings. The third-order valence-electron chi connectivity index (χ3n) is 2.22. The Morgan fingerprint density at radius 3 is 2.26 bits per heavy atom. The van der Waals surface area contributed by atoms with E-state index < -0.39 is 23.2 Å². The Hall–Kier alpha value is -1.73. The Bertz CT molecular complexity index is 418. The van der Waals surface area contributed by atoms with Crippen molar-refractivity contribution in [1.29, 1.82) is 5.41 Å². The van der Waals surface area contributed by atoms with Crippen molar-refractivity contribution in [2.45, 2.75) is 0 Å². The Kier molecular flexibility index (Phi) is 6.17. The number of benzene rings is 1. The number of hydrogen-bond acceptors (Lipinski definition) is 4. The molecular weight excluding hydrogens is 258 g/mol. The lowest BCUT2D eigenvalue weighted by Gasteiger charge is -2.10. The van der Waals surface area contributed by atoms with E-state index in [9.17, 15) is 8.78 Å². The zero-order valence-corrected chi connectivity index (χ0v) is 10.5. The molecule has 19 heavy (non-hydrogen) atoms. The molecular formula is C12H16F2N2O3. The van der Waals surface area contributed by atoms with Crippen LogP contribution in [0, 0.1) is 17.0 Å². The summed E-state index contributed by atoms with van der Waals surface area (Å²) in [5.41, 5.74) is 5.12. The normalized spacial score (nSPS) is 10.5. The Morgan fingerprint density at radius 2 is 1.74 bits per heavy atom. The summed E-state index contributed by atoms with van der Waals surface area (Å²) in [7, 11) is 1.54. The number of rotatable bonds is 8. The van der Waals surface area contributed by atoms with Crippen LogP contribution >= 0.6 is 0 Å². The molecule has 1 aromatic carbocycles. The van der Waals surface area contributed by atoms with Gasteiger partial charge in [-0.2, -0.15) is 0 Å². The van der Waals surface area contributed by atoms with Crippen LogP contribution in [0.5, 0.6) is 5.75 Å². The van der Waals surface area contributed by atoms with Crippen molar-refractivity contribution < 1.29 is 23.0 Å². The Labute approximate surface area is 109 Å². The summed E-state index contributed by atoms with van der Waals surface area (Å²) in [5, 5.41) is 7.10. The van der Waals surface area contributed by atoms with Crippen LogP contribution in [0.4, 0.5) is 8.78 Å². The zero-order valence-electron chi connectivity index (χ0n) is 10.5. The van der Waals surface area contributed by atoms with Crippen molar-refractivity contribution in [1.82, 2.24) is 0 Å². The van der Waals surface area contributed by atoms with Crippen LogP contribution < -0.4 is 10.5 Å². The summed E-state index contributed by atoms with van der Waals surface area (Å²) < 4.78 is 41.9. The van der Waals surface area contributed by atoms with Crippen LogP contribution in [0.25, 0.3) is 0 Å². The smallest absolute Gasteiger partial charge is 0.190 e. The molecule has 0 radical (unpaired) electrons. The molecule has 0 fully saturated rings. The van der Waals surface area contributed by atoms with E-state index in [1.54, 1.807) is 7.11 Å². The predicted molar refractivity (Wildman–Crippen MR) is 65.6 cm³/mol. The van der Waals surface area contributed by atoms with Crippen LogP contribution in [-0.4, -0.2) is 39.4 Å².